The van der Waals surface area contributed by atoms with Gasteiger partial charge in [0, 0.05) is 32.7 Å². The number of aromatic nitrogens is 3. The number of para-hydroxylation sites is 3. The van der Waals surface area contributed by atoms with E-state index in [2.05, 4.69) is 127 Å². The van der Waals surface area contributed by atoms with Gasteiger partial charge in [-0.2, -0.15) is 4.57 Å². The summed E-state index contributed by atoms with van der Waals surface area (Å²) >= 11 is 3.31. The molecule has 0 fully saturated rings. The van der Waals surface area contributed by atoms with Crippen molar-refractivity contribution in [3.8, 4) is 17.1 Å². The zero-order valence-corrected chi connectivity index (χ0v) is 25.7. The number of thiazole rings is 1. The van der Waals surface area contributed by atoms with E-state index in [1.807, 2.05) is 11.3 Å². The summed E-state index contributed by atoms with van der Waals surface area (Å²) in [4.78, 5) is 8.13. The summed E-state index contributed by atoms with van der Waals surface area (Å²) in [7, 11) is 2.21. The highest BCUT2D eigenvalue weighted by Crippen LogP contribution is 2.45. The van der Waals surface area contributed by atoms with Gasteiger partial charge in [0.15, 0.2) is 16.6 Å². The van der Waals surface area contributed by atoms with Crippen LogP contribution in [0.3, 0.4) is 0 Å². The molecule has 41 heavy (non-hydrogen) atoms. The normalized spacial score (nSPS) is 12.1. The average molecular weight is 572 g/mol. The molecule has 0 atom stereocenters. The Balaban J connectivity index is 1.64. The quantitative estimate of drug-likeness (QED) is 0.152. The van der Waals surface area contributed by atoms with Crippen LogP contribution in [-0.4, -0.2) is 9.55 Å². The van der Waals surface area contributed by atoms with Crippen LogP contribution in [0.1, 0.15) is 56.2 Å². The molecule has 6 heteroatoms. The van der Waals surface area contributed by atoms with Crippen LogP contribution in [0.15, 0.2) is 66.7 Å². The molecule has 0 radical (unpaired) electrons. The van der Waals surface area contributed by atoms with Gasteiger partial charge < -0.3 is 4.85 Å². The van der Waals surface area contributed by atoms with Crippen molar-refractivity contribution in [2.75, 3.05) is 0 Å². The lowest BCUT2D eigenvalue weighted by atomic mass is 9.92. The van der Waals surface area contributed by atoms with Gasteiger partial charge in [-0.05, 0) is 42.5 Å². The van der Waals surface area contributed by atoms with Gasteiger partial charge >= 0.3 is 5.13 Å². The first kappa shape index (κ1) is 25.9. The first-order chi connectivity index (χ1) is 19.8. The first-order valence-corrected chi connectivity index (χ1v) is 15.7. The third kappa shape index (κ3) is 3.83. The lowest BCUT2D eigenvalue weighted by molar-refractivity contribution is -0.633. The summed E-state index contributed by atoms with van der Waals surface area (Å²) < 4.78 is 8.48. The van der Waals surface area contributed by atoms with Gasteiger partial charge in [-0.15, -0.1) is 27.7 Å². The molecule has 202 valence electrons. The number of benzene rings is 4. The minimum absolute atomic E-state index is 0.380. The van der Waals surface area contributed by atoms with Gasteiger partial charge in [0.05, 0.1) is 22.0 Å². The minimum atomic E-state index is 0.380. The van der Waals surface area contributed by atoms with Crippen LogP contribution in [0, 0.1) is 13.5 Å². The van der Waals surface area contributed by atoms with Crippen molar-refractivity contribution in [1.29, 1.82) is 0 Å². The van der Waals surface area contributed by atoms with Crippen molar-refractivity contribution < 1.29 is 4.57 Å². The number of thiophene rings is 1. The van der Waals surface area contributed by atoms with Crippen LogP contribution in [0.2, 0.25) is 0 Å². The number of hydrogen-bond acceptors (Lipinski definition) is 3. The van der Waals surface area contributed by atoms with E-state index in [1.165, 1.54) is 76.3 Å². The van der Waals surface area contributed by atoms with E-state index in [1.54, 1.807) is 0 Å². The van der Waals surface area contributed by atoms with Crippen LogP contribution in [0.25, 0.3) is 63.3 Å². The molecule has 0 aliphatic rings. The van der Waals surface area contributed by atoms with Crippen molar-refractivity contribution in [3.05, 3.63) is 94.8 Å². The molecule has 0 N–H and O–H groups in total. The van der Waals surface area contributed by atoms with Crippen LogP contribution in [0.4, 0.5) is 5.13 Å². The second-order valence-electron chi connectivity index (χ2n) is 11.5. The van der Waals surface area contributed by atoms with E-state index in [0.29, 0.717) is 17.0 Å². The second-order valence-corrected chi connectivity index (χ2v) is 13.5. The highest BCUT2D eigenvalue weighted by Gasteiger charge is 2.32. The van der Waals surface area contributed by atoms with Crippen molar-refractivity contribution >= 4 is 69.2 Å². The van der Waals surface area contributed by atoms with Crippen molar-refractivity contribution in [1.82, 2.24) is 9.55 Å². The largest absolute Gasteiger partial charge is 0.351 e. The molecule has 0 saturated heterocycles. The number of aryl methyl sites for hydroxylation is 2. The maximum Gasteiger partial charge on any atom is 0.330 e. The molecule has 0 aliphatic carbocycles. The van der Waals surface area contributed by atoms with E-state index >= 15 is 0 Å². The van der Waals surface area contributed by atoms with E-state index in [-0.39, 0.29) is 0 Å². The summed E-state index contributed by atoms with van der Waals surface area (Å²) in [6.45, 7) is 18.8. The van der Waals surface area contributed by atoms with Crippen molar-refractivity contribution in [2.24, 2.45) is 7.05 Å². The monoisotopic (exact) mass is 571 g/mol. The van der Waals surface area contributed by atoms with Gasteiger partial charge in [0.1, 0.15) is 5.69 Å². The lowest BCUT2D eigenvalue weighted by Gasteiger charge is -2.18. The molecule has 4 aromatic carbocycles. The van der Waals surface area contributed by atoms with Gasteiger partial charge in [0.25, 0.3) is 5.82 Å². The van der Waals surface area contributed by atoms with Crippen molar-refractivity contribution in [3.63, 3.8) is 0 Å². The zero-order valence-electron chi connectivity index (χ0n) is 24.1. The number of rotatable bonds is 4. The Labute approximate surface area is 248 Å². The third-order valence-electron chi connectivity index (χ3n) is 8.25. The Kier molecular flexibility index (Phi) is 6.01. The molecule has 0 bridgehead atoms. The molecule has 7 aromatic rings. The SMILES string of the molecule is [C-]#[N+]c1nc2cc3sc4c(-c5n(-c6c(C(C)C)cccc6C(C)C)c6ccccc6[n+]5C)c(C)ccc4c3cc2s1. The third-order valence-corrected chi connectivity index (χ3v) is 10.3. The summed E-state index contributed by atoms with van der Waals surface area (Å²) in [6.07, 6.45) is 0. The molecule has 7 rings (SSSR count). The molecule has 4 nitrogen and oxygen atoms in total. The average Bonchev–Trinajstić information content (AvgIpc) is 3.62. The van der Waals surface area contributed by atoms with Gasteiger partial charge in [-0.25, -0.2) is 4.57 Å². The Morgan fingerprint density at radius 2 is 1.59 bits per heavy atom. The van der Waals surface area contributed by atoms with E-state index in [4.69, 9.17) is 6.57 Å². The molecule has 0 amide bonds. The van der Waals surface area contributed by atoms with Crippen LogP contribution >= 0.6 is 22.7 Å². The smallest absolute Gasteiger partial charge is 0.330 e. The Morgan fingerprint density at radius 1 is 0.854 bits per heavy atom. The zero-order chi connectivity index (χ0) is 28.6. The fourth-order valence-electron chi connectivity index (χ4n) is 6.26. The molecule has 0 aliphatic heterocycles. The molecule has 0 unspecified atom stereocenters. The lowest BCUT2D eigenvalue weighted by Crippen LogP contribution is -2.30. The maximum atomic E-state index is 7.41. The van der Waals surface area contributed by atoms with Gasteiger partial charge in [-0.3, -0.25) is 0 Å². The van der Waals surface area contributed by atoms with E-state index in [0.717, 1.165) is 10.2 Å². The highest BCUT2D eigenvalue weighted by molar-refractivity contribution is 7.27. The predicted octanol–water partition coefficient (Wildman–Crippen LogP) is 10.2. The Bertz CT molecular complexity index is 2180. The fraction of sp³-hybridized carbons (Fsp3) is 0.229. The fourth-order valence-corrected chi connectivity index (χ4v) is 8.35. The van der Waals surface area contributed by atoms with Crippen LogP contribution < -0.4 is 4.57 Å². The number of hydrogen-bond donors (Lipinski definition) is 0. The van der Waals surface area contributed by atoms with Crippen molar-refractivity contribution in [2.45, 2.75) is 46.5 Å². The summed E-state index contributed by atoms with van der Waals surface area (Å²) in [5.74, 6) is 1.96. The standard InChI is InChI=1S/C35H31N4S2/c1-19(2)22-11-10-12-23(20(3)4)32(22)39-28-14-9-8-13-27(28)38(7)34(39)31-21(5)15-16-24-25-17-30-26(37-35(36-6)41-30)18-29(25)40-33(24)31/h8-20H,1-5,7H3/q+1. The molecular weight excluding hydrogens is 541 g/mol. The number of nitrogens with zero attached hydrogens (tertiary/aromatic N) is 4. The first-order valence-electron chi connectivity index (χ1n) is 14.0. The predicted molar refractivity (Wildman–Crippen MR) is 175 cm³/mol. The van der Waals surface area contributed by atoms with Gasteiger partial charge in [-0.1, -0.05) is 76.7 Å². The Hall–Kier alpha value is -4.05. The van der Waals surface area contributed by atoms with E-state index in [9.17, 15) is 0 Å². The van der Waals surface area contributed by atoms with Gasteiger partial charge in [0.2, 0.25) is 0 Å². The summed E-state index contributed by atoms with van der Waals surface area (Å²) in [5, 5.41) is 2.98. The minimum Gasteiger partial charge on any atom is -0.351 e. The molecule has 0 saturated carbocycles. The molecule has 0 spiro atoms. The number of imidazole rings is 1. The highest BCUT2D eigenvalue weighted by atomic mass is 32.1. The summed E-state index contributed by atoms with van der Waals surface area (Å²) in [6, 6.07) is 24.5. The topological polar surface area (TPSA) is 26.1 Å². The Morgan fingerprint density at radius 3 is 2.29 bits per heavy atom. The number of fused-ring (bicyclic) bond motifs is 5. The maximum absolute atomic E-state index is 7.41. The van der Waals surface area contributed by atoms with Crippen LogP contribution in [0.5, 0.6) is 0 Å². The molecule has 3 aromatic heterocycles. The summed E-state index contributed by atoms with van der Waals surface area (Å²) in [5.41, 5.74) is 9.90. The van der Waals surface area contributed by atoms with Crippen LogP contribution in [-0.2, 0) is 7.05 Å². The molecule has 3 heterocycles. The van der Waals surface area contributed by atoms with E-state index < -0.39 is 0 Å². The molecular formula is C35H31N4S2+. The second kappa shape index (κ2) is 9.51.